The predicted molar refractivity (Wildman–Crippen MR) is 52.0 cm³/mol. The normalized spacial score (nSPS) is 12.8. The molecule has 0 saturated heterocycles. The Balaban J connectivity index is 2.58. The maximum atomic E-state index is 9.46. The van der Waals surface area contributed by atoms with E-state index in [1.807, 2.05) is 6.07 Å². The third-order valence-electron chi connectivity index (χ3n) is 1.88. The van der Waals surface area contributed by atoms with Gasteiger partial charge in [-0.3, -0.25) is 0 Å². The molecule has 1 aromatic rings. The molecule has 1 heterocycles. The third-order valence-corrected chi connectivity index (χ3v) is 1.88. The largest absolute Gasteiger partial charge is 0.393 e. The van der Waals surface area contributed by atoms with Crippen LogP contribution in [0.3, 0.4) is 0 Å². The second-order valence-corrected chi connectivity index (χ2v) is 2.98. The van der Waals surface area contributed by atoms with Crippen molar-refractivity contribution in [3.05, 3.63) is 23.9 Å². The van der Waals surface area contributed by atoms with Crippen LogP contribution >= 0.6 is 0 Å². The number of pyridine rings is 1. The van der Waals surface area contributed by atoms with Gasteiger partial charge in [0.15, 0.2) is 0 Å². The fourth-order valence-corrected chi connectivity index (χ4v) is 1.17. The number of nitrogens with two attached hydrogens (primary N) is 2. The quantitative estimate of drug-likeness (QED) is 0.606. The fraction of sp³-hybridized carbons (Fsp3) is 0.444. The molecule has 0 fully saturated rings. The van der Waals surface area contributed by atoms with Gasteiger partial charge in [-0.1, -0.05) is 6.07 Å². The van der Waals surface area contributed by atoms with Crippen LogP contribution in [0.15, 0.2) is 18.3 Å². The van der Waals surface area contributed by atoms with Crippen LogP contribution < -0.4 is 11.5 Å². The third kappa shape index (κ3) is 3.01. The molecule has 72 valence electrons. The highest BCUT2D eigenvalue weighted by molar-refractivity contribution is 5.38. The van der Waals surface area contributed by atoms with E-state index >= 15 is 0 Å². The summed E-state index contributed by atoms with van der Waals surface area (Å²) in [5.74, 6) is 0.485. The van der Waals surface area contributed by atoms with Gasteiger partial charge in [-0.25, -0.2) is 4.98 Å². The SMILES string of the molecule is NCCC(O)Cc1cccnc1N. The van der Waals surface area contributed by atoms with Crippen molar-refractivity contribution in [2.75, 3.05) is 12.3 Å². The van der Waals surface area contributed by atoms with Crippen molar-refractivity contribution in [2.24, 2.45) is 5.73 Å². The van der Waals surface area contributed by atoms with Gasteiger partial charge in [0.2, 0.25) is 0 Å². The molecule has 0 aromatic carbocycles. The highest BCUT2D eigenvalue weighted by atomic mass is 16.3. The monoisotopic (exact) mass is 181 g/mol. The van der Waals surface area contributed by atoms with Crippen molar-refractivity contribution in [1.29, 1.82) is 0 Å². The van der Waals surface area contributed by atoms with Crippen molar-refractivity contribution in [3.63, 3.8) is 0 Å². The minimum atomic E-state index is -0.420. The lowest BCUT2D eigenvalue weighted by Gasteiger charge is -2.09. The van der Waals surface area contributed by atoms with Gasteiger partial charge in [-0.05, 0) is 24.6 Å². The Labute approximate surface area is 77.6 Å². The predicted octanol–water partition coefficient (Wildman–Crippen LogP) is -0.0840. The van der Waals surface area contributed by atoms with Crippen LogP contribution in [-0.4, -0.2) is 22.7 Å². The lowest BCUT2D eigenvalue weighted by molar-refractivity contribution is 0.167. The molecule has 0 amide bonds. The van der Waals surface area contributed by atoms with Crippen molar-refractivity contribution in [1.82, 2.24) is 4.98 Å². The van der Waals surface area contributed by atoms with Gasteiger partial charge >= 0.3 is 0 Å². The number of aliphatic hydroxyl groups is 1. The molecule has 1 atom stereocenters. The summed E-state index contributed by atoms with van der Waals surface area (Å²) in [5, 5.41) is 9.46. The fourth-order valence-electron chi connectivity index (χ4n) is 1.17. The Hall–Kier alpha value is -1.13. The standard InChI is InChI=1S/C9H15N3O/c10-4-3-8(13)6-7-2-1-5-12-9(7)11/h1-2,5,8,13H,3-4,6,10H2,(H2,11,12). The van der Waals surface area contributed by atoms with Crippen molar-refractivity contribution >= 4 is 5.82 Å². The first kappa shape index (κ1) is 9.95. The zero-order chi connectivity index (χ0) is 9.68. The van der Waals surface area contributed by atoms with Crippen LogP contribution in [0.4, 0.5) is 5.82 Å². The van der Waals surface area contributed by atoms with E-state index in [1.54, 1.807) is 12.3 Å². The van der Waals surface area contributed by atoms with Crippen LogP contribution in [0.1, 0.15) is 12.0 Å². The number of nitrogens with zero attached hydrogens (tertiary/aromatic N) is 1. The molecule has 0 aliphatic carbocycles. The van der Waals surface area contributed by atoms with E-state index in [9.17, 15) is 5.11 Å². The summed E-state index contributed by atoms with van der Waals surface area (Å²) in [6.45, 7) is 0.487. The average Bonchev–Trinajstić information content (AvgIpc) is 2.09. The molecule has 1 rings (SSSR count). The van der Waals surface area contributed by atoms with Crippen molar-refractivity contribution < 1.29 is 5.11 Å². The topological polar surface area (TPSA) is 85.2 Å². The Kier molecular flexibility index (Phi) is 3.67. The maximum absolute atomic E-state index is 9.46. The van der Waals surface area contributed by atoms with Crippen LogP contribution in [-0.2, 0) is 6.42 Å². The van der Waals surface area contributed by atoms with Crippen molar-refractivity contribution in [3.8, 4) is 0 Å². The molecule has 5 N–H and O–H groups in total. The summed E-state index contributed by atoms with van der Waals surface area (Å²) >= 11 is 0. The van der Waals surface area contributed by atoms with Crippen LogP contribution in [0.2, 0.25) is 0 Å². The lowest BCUT2D eigenvalue weighted by Crippen LogP contribution is -2.16. The summed E-state index contributed by atoms with van der Waals surface area (Å²) < 4.78 is 0. The number of aromatic nitrogens is 1. The number of aliphatic hydroxyl groups excluding tert-OH is 1. The second kappa shape index (κ2) is 4.79. The molecule has 1 aromatic heterocycles. The van der Waals surface area contributed by atoms with Crippen LogP contribution in [0.5, 0.6) is 0 Å². The molecule has 4 nitrogen and oxygen atoms in total. The van der Waals surface area contributed by atoms with E-state index in [-0.39, 0.29) is 0 Å². The Bertz CT molecular complexity index is 265. The van der Waals surface area contributed by atoms with E-state index < -0.39 is 6.10 Å². The van der Waals surface area contributed by atoms with E-state index in [4.69, 9.17) is 11.5 Å². The number of anilines is 1. The summed E-state index contributed by atoms with van der Waals surface area (Å²) in [4.78, 5) is 3.93. The van der Waals surface area contributed by atoms with Crippen LogP contribution in [0, 0.1) is 0 Å². The first-order valence-corrected chi connectivity index (χ1v) is 4.31. The average molecular weight is 181 g/mol. The summed E-state index contributed by atoms with van der Waals surface area (Å²) in [6, 6.07) is 3.67. The first-order valence-electron chi connectivity index (χ1n) is 4.31. The van der Waals surface area contributed by atoms with Gasteiger partial charge in [0, 0.05) is 12.6 Å². The molecule has 0 bridgehead atoms. The molecule has 13 heavy (non-hydrogen) atoms. The number of hydrogen-bond donors (Lipinski definition) is 3. The highest BCUT2D eigenvalue weighted by Gasteiger charge is 2.06. The molecule has 1 unspecified atom stereocenters. The molecular formula is C9H15N3O. The highest BCUT2D eigenvalue weighted by Crippen LogP contribution is 2.10. The molecule has 0 aliphatic rings. The van der Waals surface area contributed by atoms with E-state index in [2.05, 4.69) is 4.98 Å². The lowest BCUT2D eigenvalue weighted by atomic mass is 10.1. The van der Waals surface area contributed by atoms with Gasteiger partial charge in [0.25, 0.3) is 0 Å². The van der Waals surface area contributed by atoms with Gasteiger partial charge < -0.3 is 16.6 Å². The summed E-state index contributed by atoms with van der Waals surface area (Å²) in [5.41, 5.74) is 11.8. The minimum Gasteiger partial charge on any atom is -0.393 e. The number of hydrogen-bond acceptors (Lipinski definition) is 4. The molecule has 0 saturated carbocycles. The Morgan fingerprint density at radius 1 is 1.54 bits per heavy atom. The summed E-state index contributed by atoms with van der Waals surface area (Å²) in [6.07, 6.45) is 2.33. The zero-order valence-electron chi connectivity index (χ0n) is 7.48. The van der Waals surface area contributed by atoms with Gasteiger partial charge in [0.05, 0.1) is 6.10 Å². The maximum Gasteiger partial charge on any atom is 0.126 e. The van der Waals surface area contributed by atoms with Crippen LogP contribution in [0.25, 0.3) is 0 Å². The molecular weight excluding hydrogens is 166 g/mol. The Morgan fingerprint density at radius 3 is 2.92 bits per heavy atom. The summed E-state index contributed by atoms with van der Waals surface area (Å²) in [7, 11) is 0. The minimum absolute atomic E-state index is 0.420. The van der Waals surface area contributed by atoms with Gasteiger partial charge in [0.1, 0.15) is 5.82 Å². The number of rotatable bonds is 4. The second-order valence-electron chi connectivity index (χ2n) is 2.98. The molecule has 0 spiro atoms. The molecule has 4 heteroatoms. The molecule has 0 radical (unpaired) electrons. The van der Waals surface area contributed by atoms with Gasteiger partial charge in [-0.15, -0.1) is 0 Å². The van der Waals surface area contributed by atoms with E-state index in [0.717, 1.165) is 5.56 Å². The Morgan fingerprint density at radius 2 is 2.31 bits per heavy atom. The van der Waals surface area contributed by atoms with E-state index in [1.165, 1.54) is 0 Å². The smallest absolute Gasteiger partial charge is 0.126 e. The number of nitrogen functional groups attached to an aromatic ring is 1. The van der Waals surface area contributed by atoms with Gasteiger partial charge in [-0.2, -0.15) is 0 Å². The zero-order valence-corrected chi connectivity index (χ0v) is 7.48. The van der Waals surface area contributed by atoms with E-state index in [0.29, 0.717) is 25.2 Å². The molecule has 0 aliphatic heterocycles. The van der Waals surface area contributed by atoms with Crippen molar-refractivity contribution in [2.45, 2.75) is 18.9 Å². The first-order chi connectivity index (χ1) is 6.24.